The highest BCUT2D eigenvalue weighted by Gasteiger charge is 2.18. The molecular weight excluding hydrogens is 342 g/mol. The number of nitrogens with one attached hydrogen (secondary N) is 1. The summed E-state index contributed by atoms with van der Waals surface area (Å²) in [7, 11) is -0.637. The Bertz CT molecular complexity index is 448. The number of aliphatic hydroxyl groups excluding tert-OH is 1. The van der Waals surface area contributed by atoms with Crippen LogP contribution in [0.4, 0.5) is 0 Å². The van der Waals surface area contributed by atoms with E-state index in [1.165, 1.54) is 0 Å². The molecule has 0 aromatic heterocycles. The molecule has 0 aliphatic carbocycles. The molecular formula is C14H20BrNO3S. The molecule has 1 aromatic carbocycles. The average molecular weight is 362 g/mol. The molecule has 1 aliphatic heterocycles. The number of aliphatic hydroxyl groups is 1. The van der Waals surface area contributed by atoms with Gasteiger partial charge in [0.2, 0.25) is 0 Å². The Morgan fingerprint density at radius 1 is 1.45 bits per heavy atom. The summed E-state index contributed by atoms with van der Waals surface area (Å²) in [5.74, 6) is 2.27. The second-order valence-electron chi connectivity index (χ2n) is 4.95. The van der Waals surface area contributed by atoms with Gasteiger partial charge >= 0.3 is 0 Å². The van der Waals surface area contributed by atoms with Crippen molar-refractivity contribution in [1.82, 2.24) is 5.32 Å². The molecule has 1 aliphatic rings. The minimum atomic E-state index is -0.637. The maximum absolute atomic E-state index is 11.2. The van der Waals surface area contributed by atoms with Gasteiger partial charge in [0.15, 0.2) is 0 Å². The highest BCUT2D eigenvalue weighted by Crippen LogP contribution is 2.17. The first-order valence-corrected chi connectivity index (χ1v) is 9.06. The SMILES string of the molecule is O=S1CCC(NCC(O)COc2cccc(Br)c2)CC1. The summed E-state index contributed by atoms with van der Waals surface area (Å²) in [4.78, 5) is 0. The number of ether oxygens (including phenoxy) is 1. The zero-order chi connectivity index (χ0) is 14.4. The van der Waals surface area contributed by atoms with E-state index in [9.17, 15) is 9.32 Å². The van der Waals surface area contributed by atoms with E-state index >= 15 is 0 Å². The number of hydrogen-bond donors (Lipinski definition) is 2. The predicted molar refractivity (Wildman–Crippen MR) is 84.5 cm³/mol. The summed E-state index contributed by atoms with van der Waals surface area (Å²) in [6, 6.07) is 7.93. The van der Waals surface area contributed by atoms with E-state index in [4.69, 9.17) is 4.74 Å². The highest BCUT2D eigenvalue weighted by molar-refractivity contribution is 9.10. The van der Waals surface area contributed by atoms with Crippen molar-refractivity contribution in [3.05, 3.63) is 28.7 Å². The van der Waals surface area contributed by atoms with Crippen LogP contribution in [0, 0.1) is 0 Å². The molecule has 20 heavy (non-hydrogen) atoms. The molecule has 1 fully saturated rings. The molecule has 0 saturated carbocycles. The number of halogens is 1. The lowest BCUT2D eigenvalue weighted by Gasteiger charge is -2.24. The molecule has 1 atom stereocenters. The lowest BCUT2D eigenvalue weighted by atomic mass is 10.1. The minimum Gasteiger partial charge on any atom is -0.491 e. The van der Waals surface area contributed by atoms with E-state index in [0.29, 0.717) is 12.6 Å². The minimum absolute atomic E-state index is 0.266. The molecule has 0 bridgehead atoms. The van der Waals surface area contributed by atoms with E-state index in [1.807, 2.05) is 24.3 Å². The van der Waals surface area contributed by atoms with Crippen LogP contribution in [0.2, 0.25) is 0 Å². The van der Waals surface area contributed by atoms with E-state index in [2.05, 4.69) is 21.2 Å². The third-order valence-corrected chi connectivity index (χ3v) is 5.14. The van der Waals surface area contributed by atoms with Crippen LogP contribution >= 0.6 is 15.9 Å². The molecule has 6 heteroatoms. The largest absolute Gasteiger partial charge is 0.491 e. The lowest BCUT2D eigenvalue weighted by molar-refractivity contribution is 0.103. The summed E-state index contributed by atoms with van der Waals surface area (Å²) in [5.41, 5.74) is 0. The quantitative estimate of drug-likeness (QED) is 0.809. The van der Waals surface area contributed by atoms with Crippen LogP contribution in [0.5, 0.6) is 5.75 Å². The maximum atomic E-state index is 11.2. The van der Waals surface area contributed by atoms with E-state index in [1.54, 1.807) is 0 Å². The maximum Gasteiger partial charge on any atom is 0.120 e. The van der Waals surface area contributed by atoms with E-state index < -0.39 is 16.9 Å². The van der Waals surface area contributed by atoms with E-state index in [-0.39, 0.29) is 6.61 Å². The summed E-state index contributed by atoms with van der Waals surface area (Å²) in [6.45, 7) is 0.771. The molecule has 1 heterocycles. The molecule has 0 spiro atoms. The zero-order valence-electron chi connectivity index (χ0n) is 11.3. The van der Waals surface area contributed by atoms with Gasteiger partial charge < -0.3 is 15.2 Å². The van der Waals surface area contributed by atoms with Crippen molar-refractivity contribution >= 4 is 26.7 Å². The average Bonchev–Trinajstić information content (AvgIpc) is 2.45. The van der Waals surface area contributed by atoms with Gasteiger partial charge in [0, 0.05) is 39.4 Å². The summed E-state index contributed by atoms with van der Waals surface area (Å²) in [5, 5.41) is 13.2. The van der Waals surface area contributed by atoms with Crippen molar-refractivity contribution in [2.45, 2.75) is 25.0 Å². The number of hydrogen-bond acceptors (Lipinski definition) is 4. The van der Waals surface area contributed by atoms with Gasteiger partial charge in [0.05, 0.1) is 0 Å². The van der Waals surface area contributed by atoms with Crippen molar-refractivity contribution in [3.8, 4) is 5.75 Å². The van der Waals surface area contributed by atoms with Gasteiger partial charge in [-0.25, -0.2) is 0 Å². The first kappa shape index (κ1) is 15.9. The fourth-order valence-corrected chi connectivity index (χ4v) is 3.79. The molecule has 2 rings (SSSR count). The van der Waals surface area contributed by atoms with Crippen LogP contribution in [0.25, 0.3) is 0 Å². The van der Waals surface area contributed by atoms with Crippen LogP contribution in [-0.4, -0.2) is 46.1 Å². The fourth-order valence-electron chi connectivity index (χ4n) is 2.11. The number of benzene rings is 1. The van der Waals surface area contributed by atoms with Crippen molar-refractivity contribution in [2.75, 3.05) is 24.7 Å². The van der Waals surface area contributed by atoms with E-state index in [0.717, 1.165) is 34.6 Å². The molecule has 1 unspecified atom stereocenters. The highest BCUT2D eigenvalue weighted by atomic mass is 79.9. The smallest absolute Gasteiger partial charge is 0.120 e. The van der Waals surface area contributed by atoms with Crippen LogP contribution in [0.1, 0.15) is 12.8 Å². The van der Waals surface area contributed by atoms with Gasteiger partial charge in [-0.05, 0) is 31.0 Å². The van der Waals surface area contributed by atoms with Crippen LogP contribution in [0.3, 0.4) is 0 Å². The van der Waals surface area contributed by atoms with Crippen molar-refractivity contribution in [2.24, 2.45) is 0 Å². The monoisotopic (exact) mass is 361 g/mol. The molecule has 112 valence electrons. The molecule has 2 N–H and O–H groups in total. The normalized spacial score (nSPS) is 24.3. The second-order valence-corrected chi connectivity index (χ2v) is 7.56. The fraction of sp³-hybridized carbons (Fsp3) is 0.571. The van der Waals surface area contributed by atoms with Gasteiger partial charge in [-0.3, -0.25) is 4.21 Å². The Balaban J connectivity index is 1.65. The van der Waals surface area contributed by atoms with Gasteiger partial charge in [-0.1, -0.05) is 22.0 Å². The van der Waals surface area contributed by atoms with Crippen LogP contribution in [0.15, 0.2) is 28.7 Å². The second kappa shape index (κ2) is 8.12. The number of rotatable bonds is 6. The Morgan fingerprint density at radius 2 is 2.20 bits per heavy atom. The summed E-state index contributed by atoms with van der Waals surface area (Å²) < 4.78 is 17.7. The Kier molecular flexibility index (Phi) is 6.48. The van der Waals surface area contributed by atoms with Crippen molar-refractivity contribution in [1.29, 1.82) is 0 Å². The molecule has 4 nitrogen and oxygen atoms in total. The lowest BCUT2D eigenvalue weighted by Crippen LogP contribution is -2.41. The summed E-state index contributed by atoms with van der Waals surface area (Å²) in [6.07, 6.45) is 1.30. The zero-order valence-corrected chi connectivity index (χ0v) is 13.7. The standard InChI is InChI=1S/C14H20BrNO3S/c15-11-2-1-3-14(8-11)19-10-13(17)9-16-12-4-6-20(18)7-5-12/h1-3,8,12-13,16-17H,4-7,9-10H2. The predicted octanol–water partition coefficient (Wildman–Crippen LogP) is 1.69. The molecule has 1 saturated heterocycles. The topological polar surface area (TPSA) is 58.6 Å². The van der Waals surface area contributed by atoms with Gasteiger partial charge in [0.25, 0.3) is 0 Å². The Labute approximate surface area is 130 Å². The molecule has 1 aromatic rings. The third-order valence-electron chi connectivity index (χ3n) is 3.27. The summed E-state index contributed by atoms with van der Waals surface area (Å²) >= 11 is 3.38. The first-order chi connectivity index (χ1) is 9.63. The Hall–Kier alpha value is -0.430. The van der Waals surface area contributed by atoms with Gasteiger partial charge in [-0.2, -0.15) is 0 Å². The van der Waals surface area contributed by atoms with Crippen molar-refractivity contribution in [3.63, 3.8) is 0 Å². The first-order valence-electron chi connectivity index (χ1n) is 6.78. The van der Waals surface area contributed by atoms with Gasteiger partial charge in [-0.15, -0.1) is 0 Å². The molecule has 0 amide bonds. The van der Waals surface area contributed by atoms with Crippen LogP contribution in [-0.2, 0) is 10.8 Å². The van der Waals surface area contributed by atoms with Crippen molar-refractivity contribution < 1.29 is 14.1 Å². The van der Waals surface area contributed by atoms with Crippen LogP contribution < -0.4 is 10.1 Å². The molecule has 0 radical (unpaired) electrons. The Morgan fingerprint density at radius 3 is 2.90 bits per heavy atom. The van der Waals surface area contributed by atoms with Gasteiger partial charge in [0.1, 0.15) is 18.5 Å². The third kappa shape index (κ3) is 5.52.